The lowest BCUT2D eigenvalue weighted by molar-refractivity contribution is 0.303. The Bertz CT molecular complexity index is 919. The lowest BCUT2D eigenvalue weighted by atomic mass is 10.2. The van der Waals surface area contributed by atoms with Crippen LogP contribution in [0.2, 0.25) is 10.0 Å². The number of anilines is 1. The standard InChI is InChI=1S/C18H18BrCl2N5O/c1-2-7-26-18(23-24-25-26)22-10-13-8-14(19)4-6-17(13)27-11-12-3-5-15(20)9-16(12)21/h3-6,8-9H,2,7,10-11H2,1H3,(H,22,23,25). The van der Waals surface area contributed by atoms with Gasteiger partial charge in [-0.1, -0.05) is 57.2 Å². The highest BCUT2D eigenvalue weighted by molar-refractivity contribution is 9.10. The zero-order valence-corrected chi connectivity index (χ0v) is 17.7. The molecule has 142 valence electrons. The Morgan fingerprint density at radius 1 is 1.15 bits per heavy atom. The van der Waals surface area contributed by atoms with Crippen molar-refractivity contribution in [2.45, 2.75) is 33.0 Å². The Morgan fingerprint density at radius 2 is 2.00 bits per heavy atom. The first-order chi connectivity index (χ1) is 13.1. The van der Waals surface area contributed by atoms with Crippen molar-refractivity contribution in [3.8, 4) is 5.75 Å². The number of nitrogens with one attached hydrogen (secondary N) is 1. The van der Waals surface area contributed by atoms with Gasteiger partial charge in [0, 0.05) is 38.7 Å². The van der Waals surface area contributed by atoms with Gasteiger partial charge in [-0.15, -0.1) is 0 Å². The Balaban J connectivity index is 1.71. The molecule has 0 bridgehead atoms. The number of halogens is 3. The first kappa shape index (κ1) is 19.9. The molecule has 0 saturated heterocycles. The van der Waals surface area contributed by atoms with Gasteiger partial charge in [-0.25, -0.2) is 4.68 Å². The number of nitrogens with zero attached hydrogens (tertiary/aromatic N) is 4. The van der Waals surface area contributed by atoms with Crippen LogP contribution in [0.5, 0.6) is 5.75 Å². The maximum Gasteiger partial charge on any atom is 0.243 e. The second-order valence-electron chi connectivity index (χ2n) is 5.86. The van der Waals surface area contributed by atoms with Gasteiger partial charge in [-0.05, 0) is 47.2 Å². The molecule has 2 aromatic carbocycles. The summed E-state index contributed by atoms with van der Waals surface area (Å²) >= 11 is 15.7. The average molecular weight is 471 g/mol. The van der Waals surface area contributed by atoms with Gasteiger partial charge in [-0.2, -0.15) is 0 Å². The van der Waals surface area contributed by atoms with E-state index < -0.39 is 0 Å². The molecule has 3 aromatic rings. The predicted molar refractivity (Wildman–Crippen MR) is 110 cm³/mol. The van der Waals surface area contributed by atoms with E-state index in [2.05, 4.69) is 43.7 Å². The van der Waals surface area contributed by atoms with Crippen molar-refractivity contribution in [3.05, 3.63) is 62.0 Å². The minimum atomic E-state index is 0.345. The molecule has 1 N–H and O–H groups in total. The van der Waals surface area contributed by atoms with Crippen molar-refractivity contribution in [1.82, 2.24) is 20.2 Å². The topological polar surface area (TPSA) is 64.9 Å². The van der Waals surface area contributed by atoms with Crippen LogP contribution < -0.4 is 10.1 Å². The van der Waals surface area contributed by atoms with Gasteiger partial charge in [0.05, 0.1) is 0 Å². The Kier molecular flexibility index (Phi) is 6.93. The molecule has 6 nitrogen and oxygen atoms in total. The molecular weight excluding hydrogens is 453 g/mol. The SMILES string of the molecule is CCCn1nnnc1NCc1cc(Br)ccc1OCc1ccc(Cl)cc1Cl. The fourth-order valence-electron chi connectivity index (χ4n) is 2.49. The zero-order valence-electron chi connectivity index (χ0n) is 14.6. The van der Waals surface area contributed by atoms with E-state index in [1.54, 1.807) is 16.8 Å². The van der Waals surface area contributed by atoms with Crippen LogP contribution in [0, 0.1) is 0 Å². The molecular formula is C18H18BrCl2N5O. The number of aromatic nitrogens is 4. The third kappa shape index (κ3) is 5.34. The van der Waals surface area contributed by atoms with E-state index in [4.69, 9.17) is 27.9 Å². The molecule has 0 amide bonds. The summed E-state index contributed by atoms with van der Waals surface area (Å²) in [6.07, 6.45) is 0.951. The van der Waals surface area contributed by atoms with Crippen LogP contribution in [0.15, 0.2) is 40.9 Å². The first-order valence-electron chi connectivity index (χ1n) is 8.42. The fourth-order valence-corrected chi connectivity index (χ4v) is 3.36. The summed E-state index contributed by atoms with van der Waals surface area (Å²) in [4.78, 5) is 0. The number of ether oxygens (including phenoxy) is 1. The summed E-state index contributed by atoms with van der Waals surface area (Å²) in [5, 5.41) is 16.2. The van der Waals surface area contributed by atoms with Crippen LogP contribution in [0.25, 0.3) is 0 Å². The Hall–Kier alpha value is -1.83. The number of benzene rings is 2. The molecule has 3 rings (SSSR count). The van der Waals surface area contributed by atoms with Crippen LogP contribution in [0.1, 0.15) is 24.5 Å². The summed E-state index contributed by atoms with van der Waals surface area (Å²) in [5.41, 5.74) is 1.84. The number of hydrogen-bond donors (Lipinski definition) is 1. The molecule has 27 heavy (non-hydrogen) atoms. The summed E-state index contributed by atoms with van der Waals surface area (Å²) in [6, 6.07) is 11.2. The van der Waals surface area contributed by atoms with Gasteiger partial charge in [0.25, 0.3) is 0 Å². The molecule has 1 aromatic heterocycles. The minimum Gasteiger partial charge on any atom is -0.488 e. The fraction of sp³-hybridized carbons (Fsp3) is 0.278. The molecule has 0 unspecified atom stereocenters. The number of rotatable bonds is 8. The van der Waals surface area contributed by atoms with E-state index in [0.717, 1.165) is 34.3 Å². The van der Waals surface area contributed by atoms with E-state index in [1.807, 2.05) is 24.3 Å². The lowest BCUT2D eigenvalue weighted by Crippen LogP contribution is -2.10. The Labute approximate surface area is 175 Å². The van der Waals surface area contributed by atoms with Gasteiger partial charge in [-0.3, -0.25) is 0 Å². The summed E-state index contributed by atoms with van der Waals surface area (Å²) in [6.45, 7) is 3.70. The van der Waals surface area contributed by atoms with Crippen molar-refractivity contribution >= 4 is 45.1 Å². The van der Waals surface area contributed by atoms with Crippen LogP contribution in [0.4, 0.5) is 5.95 Å². The van der Waals surface area contributed by atoms with Crippen molar-refractivity contribution in [3.63, 3.8) is 0 Å². The molecule has 9 heteroatoms. The molecule has 0 aliphatic rings. The largest absolute Gasteiger partial charge is 0.488 e. The molecule has 0 spiro atoms. The normalized spacial score (nSPS) is 10.8. The van der Waals surface area contributed by atoms with E-state index in [0.29, 0.717) is 29.1 Å². The van der Waals surface area contributed by atoms with Gasteiger partial charge in [0.2, 0.25) is 5.95 Å². The Morgan fingerprint density at radius 3 is 2.78 bits per heavy atom. The van der Waals surface area contributed by atoms with Crippen LogP contribution >= 0.6 is 39.1 Å². The number of aryl methyl sites for hydroxylation is 1. The van der Waals surface area contributed by atoms with Crippen molar-refractivity contribution in [1.29, 1.82) is 0 Å². The molecule has 0 radical (unpaired) electrons. The first-order valence-corrected chi connectivity index (χ1v) is 9.97. The van der Waals surface area contributed by atoms with Crippen molar-refractivity contribution in [2.75, 3.05) is 5.32 Å². The third-order valence-electron chi connectivity index (χ3n) is 3.83. The average Bonchev–Trinajstić information content (AvgIpc) is 3.08. The van der Waals surface area contributed by atoms with E-state index in [1.165, 1.54) is 0 Å². The maximum atomic E-state index is 6.23. The highest BCUT2D eigenvalue weighted by Crippen LogP contribution is 2.27. The quantitative estimate of drug-likeness (QED) is 0.481. The van der Waals surface area contributed by atoms with E-state index in [9.17, 15) is 0 Å². The van der Waals surface area contributed by atoms with Gasteiger partial charge >= 0.3 is 0 Å². The zero-order chi connectivity index (χ0) is 19.2. The molecule has 0 atom stereocenters. The molecule has 0 fully saturated rings. The highest BCUT2D eigenvalue weighted by atomic mass is 79.9. The lowest BCUT2D eigenvalue weighted by Gasteiger charge is -2.14. The van der Waals surface area contributed by atoms with Crippen molar-refractivity contribution < 1.29 is 4.74 Å². The van der Waals surface area contributed by atoms with Crippen molar-refractivity contribution in [2.24, 2.45) is 0 Å². The second kappa shape index (κ2) is 9.39. The van der Waals surface area contributed by atoms with Crippen LogP contribution in [-0.2, 0) is 19.7 Å². The third-order valence-corrected chi connectivity index (χ3v) is 4.91. The number of tetrazole rings is 1. The predicted octanol–water partition coefficient (Wildman–Crippen LogP) is 5.34. The summed E-state index contributed by atoms with van der Waals surface area (Å²) < 4.78 is 8.70. The number of hydrogen-bond acceptors (Lipinski definition) is 5. The summed E-state index contributed by atoms with van der Waals surface area (Å²) in [5.74, 6) is 1.38. The van der Waals surface area contributed by atoms with Crippen LogP contribution in [0.3, 0.4) is 0 Å². The summed E-state index contributed by atoms with van der Waals surface area (Å²) in [7, 11) is 0. The van der Waals surface area contributed by atoms with Crippen LogP contribution in [-0.4, -0.2) is 20.2 Å². The smallest absolute Gasteiger partial charge is 0.243 e. The van der Waals surface area contributed by atoms with E-state index >= 15 is 0 Å². The molecule has 1 heterocycles. The van der Waals surface area contributed by atoms with Gasteiger partial charge in [0.15, 0.2) is 0 Å². The molecule has 0 aliphatic heterocycles. The minimum absolute atomic E-state index is 0.345. The molecule has 0 saturated carbocycles. The maximum absolute atomic E-state index is 6.23. The van der Waals surface area contributed by atoms with Gasteiger partial charge in [0.1, 0.15) is 12.4 Å². The van der Waals surface area contributed by atoms with Gasteiger partial charge < -0.3 is 10.1 Å². The second-order valence-corrected chi connectivity index (χ2v) is 7.61. The molecule has 0 aliphatic carbocycles. The monoisotopic (exact) mass is 469 g/mol. The van der Waals surface area contributed by atoms with E-state index in [-0.39, 0.29) is 0 Å². The highest BCUT2D eigenvalue weighted by Gasteiger charge is 2.10.